The first-order valence-corrected chi connectivity index (χ1v) is 12.3. The Morgan fingerprint density at radius 1 is 1.19 bits per heavy atom. The van der Waals surface area contributed by atoms with Crippen molar-refractivity contribution in [1.82, 2.24) is 13.9 Å². The summed E-state index contributed by atoms with van der Waals surface area (Å²) in [6.07, 6.45) is 2.41. The number of rotatable bonds is 6. The Morgan fingerprint density at radius 3 is 2.65 bits per heavy atom. The molecule has 0 unspecified atom stereocenters. The number of hydrogen-bond donors (Lipinski definition) is 1. The SMILES string of the molecule is COc1cccc(CNC(=O)[C@@H]2CCCN(S(=O)(=O)N3CCC4(CC3)OCCO4)C2)c1. The molecule has 3 heterocycles. The maximum Gasteiger partial charge on any atom is 0.282 e. The fourth-order valence-electron chi connectivity index (χ4n) is 4.49. The molecule has 0 aliphatic carbocycles. The smallest absolute Gasteiger partial charge is 0.282 e. The molecule has 0 radical (unpaired) electrons. The van der Waals surface area contributed by atoms with E-state index in [1.165, 1.54) is 8.61 Å². The normalized spacial score (nSPS) is 24.9. The summed E-state index contributed by atoms with van der Waals surface area (Å²) in [7, 11) is -2.01. The second kappa shape index (κ2) is 9.41. The lowest BCUT2D eigenvalue weighted by molar-refractivity contribution is -0.179. The zero-order chi connectivity index (χ0) is 21.9. The molecule has 1 aromatic rings. The van der Waals surface area contributed by atoms with Gasteiger partial charge in [0.25, 0.3) is 10.2 Å². The first-order chi connectivity index (χ1) is 14.9. The van der Waals surface area contributed by atoms with E-state index in [1.54, 1.807) is 7.11 Å². The van der Waals surface area contributed by atoms with Crippen LogP contribution in [-0.2, 0) is 31.0 Å². The highest BCUT2D eigenvalue weighted by molar-refractivity contribution is 7.86. The second-order valence-corrected chi connectivity index (χ2v) is 10.2. The van der Waals surface area contributed by atoms with Crippen LogP contribution in [0.5, 0.6) is 5.75 Å². The van der Waals surface area contributed by atoms with E-state index >= 15 is 0 Å². The molecule has 172 valence electrons. The van der Waals surface area contributed by atoms with E-state index < -0.39 is 16.0 Å². The van der Waals surface area contributed by atoms with Crippen LogP contribution >= 0.6 is 0 Å². The van der Waals surface area contributed by atoms with Crippen LogP contribution in [0.2, 0.25) is 0 Å². The van der Waals surface area contributed by atoms with E-state index in [2.05, 4.69) is 5.32 Å². The van der Waals surface area contributed by atoms with Gasteiger partial charge in [-0.05, 0) is 30.5 Å². The van der Waals surface area contributed by atoms with Crippen LogP contribution in [0.1, 0.15) is 31.2 Å². The van der Waals surface area contributed by atoms with Crippen LogP contribution in [0.4, 0.5) is 0 Å². The van der Waals surface area contributed by atoms with Crippen LogP contribution in [0.15, 0.2) is 24.3 Å². The van der Waals surface area contributed by atoms with Crippen molar-refractivity contribution >= 4 is 16.1 Å². The summed E-state index contributed by atoms with van der Waals surface area (Å²) in [4.78, 5) is 12.7. The number of carbonyl (C=O) groups excluding carboxylic acids is 1. The molecule has 10 heteroatoms. The topological polar surface area (TPSA) is 97.4 Å². The van der Waals surface area contributed by atoms with E-state index in [-0.39, 0.29) is 18.4 Å². The molecule has 9 nitrogen and oxygen atoms in total. The second-order valence-electron chi connectivity index (χ2n) is 8.28. The monoisotopic (exact) mass is 453 g/mol. The number of nitrogens with one attached hydrogen (secondary N) is 1. The van der Waals surface area contributed by atoms with E-state index in [0.29, 0.717) is 65.1 Å². The fraction of sp³-hybridized carbons (Fsp3) is 0.667. The van der Waals surface area contributed by atoms with E-state index in [0.717, 1.165) is 11.3 Å². The van der Waals surface area contributed by atoms with Crippen LogP contribution in [0, 0.1) is 5.92 Å². The third kappa shape index (κ3) is 5.04. The first kappa shape index (κ1) is 22.5. The van der Waals surface area contributed by atoms with Crippen LogP contribution < -0.4 is 10.1 Å². The summed E-state index contributed by atoms with van der Waals surface area (Å²) < 4.78 is 45.9. The van der Waals surface area contributed by atoms with Gasteiger partial charge in [-0.1, -0.05) is 12.1 Å². The van der Waals surface area contributed by atoms with Gasteiger partial charge >= 0.3 is 0 Å². The molecule has 1 spiro atoms. The van der Waals surface area contributed by atoms with Crippen molar-refractivity contribution in [2.24, 2.45) is 5.92 Å². The minimum Gasteiger partial charge on any atom is -0.497 e. The lowest BCUT2D eigenvalue weighted by Crippen LogP contribution is -2.54. The average molecular weight is 454 g/mol. The Bertz CT molecular complexity index is 877. The van der Waals surface area contributed by atoms with Gasteiger partial charge < -0.3 is 19.5 Å². The maximum atomic E-state index is 13.2. The molecule has 1 atom stereocenters. The van der Waals surface area contributed by atoms with Gasteiger partial charge in [-0.2, -0.15) is 17.0 Å². The summed E-state index contributed by atoms with van der Waals surface area (Å²) in [5, 5.41) is 2.94. The zero-order valence-electron chi connectivity index (χ0n) is 17.9. The number of benzene rings is 1. The Kier molecular flexibility index (Phi) is 6.83. The summed E-state index contributed by atoms with van der Waals surface area (Å²) >= 11 is 0. The molecular weight excluding hydrogens is 422 g/mol. The van der Waals surface area contributed by atoms with Crippen molar-refractivity contribution in [1.29, 1.82) is 0 Å². The van der Waals surface area contributed by atoms with Gasteiger partial charge in [-0.15, -0.1) is 0 Å². The summed E-state index contributed by atoms with van der Waals surface area (Å²) in [5.74, 6) is -0.352. The lowest BCUT2D eigenvalue weighted by Gasteiger charge is -2.40. The van der Waals surface area contributed by atoms with Crippen molar-refractivity contribution < 1.29 is 27.4 Å². The van der Waals surface area contributed by atoms with Gasteiger partial charge in [0.1, 0.15) is 5.75 Å². The van der Waals surface area contributed by atoms with Gasteiger partial charge in [0.05, 0.1) is 26.2 Å². The van der Waals surface area contributed by atoms with Gasteiger partial charge in [0.15, 0.2) is 5.79 Å². The molecular formula is C21H31N3O6S. The third-order valence-corrected chi connectivity index (χ3v) is 8.31. The highest BCUT2D eigenvalue weighted by Crippen LogP contribution is 2.33. The Morgan fingerprint density at radius 2 is 1.94 bits per heavy atom. The Labute approximate surface area is 183 Å². The Hall–Kier alpha value is -1.72. The zero-order valence-corrected chi connectivity index (χ0v) is 18.7. The molecule has 0 bridgehead atoms. The summed E-state index contributed by atoms with van der Waals surface area (Å²) in [5.41, 5.74) is 0.937. The van der Waals surface area contributed by atoms with Crippen molar-refractivity contribution in [2.75, 3.05) is 46.5 Å². The number of carbonyl (C=O) groups is 1. The summed E-state index contributed by atoms with van der Waals surface area (Å²) in [6, 6.07) is 7.52. The first-order valence-electron chi connectivity index (χ1n) is 10.9. The number of amides is 1. The van der Waals surface area contributed by atoms with Gasteiger partial charge in [-0.25, -0.2) is 0 Å². The summed E-state index contributed by atoms with van der Waals surface area (Å²) in [6.45, 7) is 2.89. The van der Waals surface area contributed by atoms with E-state index in [4.69, 9.17) is 14.2 Å². The molecule has 0 saturated carbocycles. The van der Waals surface area contributed by atoms with Gasteiger partial charge in [-0.3, -0.25) is 4.79 Å². The quantitative estimate of drug-likeness (QED) is 0.693. The molecule has 3 aliphatic heterocycles. The third-order valence-electron chi connectivity index (χ3n) is 6.31. The van der Waals surface area contributed by atoms with Gasteiger partial charge in [0.2, 0.25) is 5.91 Å². The molecule has 1 aromatic carbocycles. The van der Waals surface area contributed by atoms with Crippen molar-refractivity contribution in [2.45, 2.75) is 38.0 Å². The number of piperidine rings is 2. The Balaban J connectivity index is 1.32. The number of ether oxygens (including phenoxy) is 3. The van der Waals surface area contributed by atoms with E-state index in [9.17, 15) is 13.2 Å². The van der Waals surface area contributed by atoms with Crippen molar-refractivity contribution in [3.05, 3.63) is 29.8 Å². The van der Waals surface area contributed by atoms with E-state index in [1.807, 2.05) is 24.3 Å². The minimum absolute atomic E-state index is 0.118. The predicted octanol–water partition coefficient (Wildman–Crippen LogP) is 1.11. The minimum atomic E-state index is -3.61. The molecule has 31 heavy (non-hydrogen) atoms. The van der Waals surface area contributed by atoms with Gasteiger partial charge in [0, 0.05) is 45.6 Å². The van der Waals surface area contributed by atoms with Crippen molar-refractivity contribution in [3.8, 4) is 5.75 Å². The predicted molar refractivity (Wildman–Crippen MR) is 113 cm³/mol. The number of hydrogen-bond acceptors (Lipinski definition) is 6. The van der Waals surface area contributed by atoms with Crippen LogP contribution in [0.3, 0.4) is 0 Å². The van der Waals surface area contributed by atoms with Crippen LogP contribution in [0.25, 0.3) is 0 Å². The highest BCUT2D eigenvalue weighted by atomic mass is 32.2. The molecule has 1 N–H and O–H groups in total. The molecule has 0 aromatic heterocycles. The maximum absolute atomic E-state index is 13.2. The van der Waals surface area contributed by atoms with Crippen molar-refractivity contribution in [3.63, 3.8) is 0 Å². The molecule has 1 amide bonds. The van der Waals surface area contributed by atoms with Crippen LogP contribution in [-0.4, -0.2) is 75.2 Å². The largest absolute Gasteiger partial charge is 0.497 e. The standard InChI is InChI=1S/C21H31N3O6S/c1-28-19-6-2-4-17(14-19)15-22-20(25)18-5-3-9-24(16-18)31(26,27)23-10-7-21(8-11-23)29-12-13-30-21/h2,4,6,14,18H,3,5,7-13,15-16H2,1H3,(H,22,25)/t18-/m1/s1. The number of methoxy groups -OCH3 is 1. The molecule has 3 fully saturated rings. The fourth-order valence-corrected chi connectivity index (χ4v) is 6.19. The average Bonchev–Trinajstić information content (AvgIpc) is 3.25. The lowest BCUT2D eigenvalue weighted by atomic mass is 9.99. The molecule has 3 aliphatic rings. The molecule has 4 rings (SSSR count). The highest BCUT2D eigenvalue weighted by Gasteiger charge is 2.44. The molecule has 3 saturated heterocycles. The number of nitrogens with zero attached hydrogens (tertiary/aromatic N) is 2.